The lowest BCUT2D eigenvalue weighted by molar-refractivity contribution is 0.235. The van der Waals surface area contributed by atoms with E-state index in [0.29, 0.717) is 6.42 Å². The van der Waals surface area contributed by atoms with Gasteiger partial charge in [-0.2, -0.15) is 5.26 Å². The molecule has 0 aromatic rings. The summed E-state index contributed by atoms with van der Waals surface area (Å²) in [5.41, 5.74) is 0. The standard InChI is InChI=1S/C8H14N2O2S/c1-7(5-9)10(2)8-3-4-13(11,12)6-8/h7-8H,3-4,6H2,1-2H3. The Morgan fingerprint density at radius 3 is 2.62 bits per heavy atom. The highest BCUT2D eigenvalue weighted by Gasteiger charge is 2.32. The molecule has 5 heteroatoms. The smallest absolute Gasteiger partial charge is 0.151 e. The molecule has 0 aromatic heterocycles. The second kappa shape index (κ2) is 3.64. The van der Waals surface area contributed by atoms with Crippen LogP contribution in [0.5, 0.6) is 0 Å². The Balaban J connectivity index is 2.62. The minimum Gasteiger partial charge on any atom is -0.287 e. The second-order valence-electron chi connectivity index (χ2n) is 3.53. The SMILES string of the molecule is CC(C#N)N(C)C1CCS(=O)(=O)C1. The number of rotatable bonds is 2. The molecule has 1 aliphatic rings. The summed E-state index contributed by atoms with van der Waals surface area (Å²) in [7, 11) is -1.03. The number of nitrogens with zero attached hydrogens (tertiary/aromatic N) is 2. The van der Waals surface area contributed by atoms with Crippen LogP contribution in [0.4, 0.5) is 0 Å². The molecule has 0 bridgehead atoms. The van der Waals surface area contributed by atoms with Crippen molar-refractivity contribution in [1.29, 1.82) is 5.26 Å². The van der Waals surface area contributed by atoms with E-state index in [4.69, 9.17) is 5.26 Å². The Morgan fingerprint density at radius 2 is 2.23 bits per heavy atom. The minimum absolute atomic E-state index is 0.0275. The molecular weight excluding hydrogens is 188 g/mol. The second-order valence-corrected chi connectivity index (χ2v) is 5.76. The molecule has 1 aliphatic heterocycles. The van der Waals surface area contributed by atoms with Gasteiger partial charge in [-0.25, -0.2) is 8.42 Å². The third-order valence-corrected chi connectivity index (χ3v) is 4.33. The summed E-state index contributed by atoms with van der Waals surface area (Å²) in [6.45, 7) is 1.78. The van der Waals surface area contributed by atoms with Crippen molar-refractivity contribution in [2.45, 2.75) is 25.4 Å². The summed E-state index contributed by atoms with van der Waals surface area (Å²) < 4.78 is 22.3. The summed E-state index contributed by atoms with van der Waals surface area (Å²) in [6.07, 6.45) is 0.658. The lowest BCUT2D eigenvalue weighted by Gasteiger charge is -2.24. The first kappa shape index (κ1) is 10.5. The molecular formula is C8H14N2O2S. The van der Waals surface area contributed by atoms with Crippen LogP contribution in [0.25, 0.3) is 0 Å². The molecule has 0 saturated carbocycles. The Labute approximate surface area is 79.1 Å². The van der Waals surface area contributed by atoms with Crippen LogP contribution >= 0.6 is 0 Å². The van der Waals surface area contributed by atoms with Gasteiger partial charge in [-0.3, -0.25) is 4.90 Å². The van der Waals surface area contributed by atoms with E-state index >= 15 is 0 Å². The zero-order valence-electron chi connectivity index (χ0n) is 7.90. The predicted molar refractivity (Wildman–Crippen MR) is 49.9 cm³/mol. The van der Waals surface area contributed by atoms with Gasteiger partial charge in [-0.1, -0.05) is 0 Å². The Hall–Kier alpha value is -0.600. The van der Waals surface area contributed by atoms with Crippen LogP contribution < -0.4 is 0 Å². The maximum absolute atomic E-state index is 11.1. The molecule has 1 heterocycles. The monoisotopic (exact) mass is 202 g/mol. The largest absolute Gasteiger partial charge is 0.287 e. The topological polar surface area (TPSA) is 61.2 Å². The summed E-state index contributed by atoms with van der Waals surface area (Å²) in [5.74, 6) is 0.468. The molecule has 0 spiro atoms. The molecule has 1 rings (SSSR count). The van der Waals surface area contributed by atoms with Crippen molar-refractivity contribution < 1.29 is 8.42 Å². The van der Waals surface area contributed by atoms with Crippen molar-refractivity contribution in [3.8, 4) is 6.07 Å². The molecule has 1 fully saturated rings. The number of hydrogen-bond acceptors (Lipinski definition) is 4. The van der Waals surface area contributed by atoms with Crippen molar-refractivity contribution in [3.63, 3.8) is 0 Å². The highest BCUT2D eigenvalue weighted by Crippen LogP contribution is 2.17. The summed E-state index contributed by atoms with van der Waals surface area (Å²) in [5, 5.41) is 8.65. The zero-order chi connectivity index (χ0) is 10.1. The van der Waals surface area contributed by atoms with Crippen LogP contribution in [-0.2, 0) is 9.84 Å². The van der Waals surface area contributed by atoms with E-state index in [9.17, 15) is 8.42 Å². The van der Waals surface area contributed by atoms with Crippen molar-refractivity contribution in [2.24, 2.45) is 0 Å². The van der Waals surface area contributed by atoms with Crippen molar-refractivity contribution in [1.82, 2.24) is 4.90 Å². The van der Waals surface area contributed by atoms with Gasteiger partial charge in [-0.05, 0) is 20.4 Å². The van der Waals surface area contributed by atoms with Gasteiger partial charge >= 0.3 is 0 Å². The number of hydrogen-bond donors (Lipinski definition) is 0. The number of nitriles is 1. The highest BCUT2D eigenvalue weighted by atomic mass is 32.2. The third kappa shape index (κ3) is 2.42. The lowest BCUT2D eigenvalue weighted by atomic mass is 10.2. The quantitative estimate of drug-likeness (QED) is 0.633. The predicted octanol–water partition coefficient (Wildman–Crippen LogP) is 0.0174. The van der Waals surface area contributed by atoms with Gasteiger partial charge in [0.1, 0.15) is 0 Å². The lowest BCUT2D eigenvalue weighted by Crippen LogP contribution is -2.38. The molecule has 0 amide bonds. The first-order valence-electron chi connectivity index (χ1n) is 4.28. The Kier molecular flexibility index (Phi) is 2.94. The van der Waals surface area contributed by atoms with Crippen LogP contribution in [0.1, 0.15) is 13.3 Å². The maximum atomic E-state index is 11.1. The van der Waals surface area contributed by atoms with Gasteiger partial charge in [0.05, 0.1) is 23.6 Å². The minimum atomic E-state index is -2.83. The van der Waals surface area contributed by atoms with Crippen LogP contribution in [0.3, 0.4) is 0 Å². The normalized spacial score (nSPS) is 28.6. The molecule has 13 heavy (non-hydrogen) atoms. The fourth-order valence-electron chi connectivity index (χ4n) is 1.50. The Morgan fingerprint density at radius 1 is 1.62 bits per heavy atom. The molecule has 2 unspecified atom stereocenters. The molecule has 4 nitrogen and oxygen atoms in total. The van der Waals surface area contributed by atoms with Crippen molar-refractivity contribution in [3.05, 3.63) is 0 Å². The van der Waals surface area contributed by atoms with Gasteiger partial charge in [-0.15, -0.1) is 0 Å². The summed E-state index contributed by atoms with van der Waals surface area (Å²) >= 11 is 0. The molecule has 74 valence electrons. The molecule has 0 radical (unpaired) electrons. The maximum Gasteiger partial charge on any atom is 0.151 e. The van der Waals surface area contributed by atoms with Crippen molar-refractivity contribution >= 4 is 9.84 Å². The van der Waals surface area contributed by atoms with Crippen LogP contribution in [-0.4, -0.2) is 44.0 Å². The van der Waals surface area contributed by atoms with Gasteiger partial charge in [0.2, 0.25) is 0 Å². The van der Waals surface area contributed by atoms with E-state index in [1.54, 1.807) is 14.0 Å². The van der Waals surface area contributed by atoms with Gasteiger partial charge in [0.25, 0.3) is 0 Å². The fourth-order valence-corrected chi connectivity index (χ4v) is 3.29. The fraction of sp³-hybridized carbons (Fsp3) is 0.875. The van der Waals surface area contributed by atoms with E-state index in [1.165, 1.54) is 0 Å². The van der Waals surface area contributed by atoms with Crippen LogP contribution in [0.15, 0.2) is 0 Å². The third-order valence-electron chi connectivity index (χ3n) is 2.58. The van der Waals surface area contributed by atoms with Gasteiger partial charge in [0, 0.05) is 6.04 Å². The average Bonchev–Trinajstić information content (AvgIpc) is 2.43. The van der Waals surface area contributed by atoms with E-state index in [1.807, 2.05) is 4.90 Å². The molecule has 0 N–H and O–H groups in total. The zero-order valence-corrected chi connectivity index (χ0v) is 8.71. The summed E-state index contributed by atoms with van der Waals surface area (Å²) in [4.78, 5) is 1.84. The molecule has 0 aromatic carbocycles. The van der Waals surface area contributed by atoms with E-state index in [2.05, 4.69) is 6.07 Å². The summed E-state index contributed by atoms with van der Waals surface area (Å²) in [6, 6.07) is 1.92. The number of sulfone groups is 1. The van der Waals surface area contributed by atoms with Crippen LogP contribution in [0.2, 0.25) is 0 Å². The first-order valence-corrected chi connectivity index (χ1v) is 6.10. The molecule has 1 saturated heterocycles. The van der Waals surface area contributed by atoms with Gasteiger partial charge in [0.15, 0.2) is 9.84 Å². The molecule has 0 aliphatic carbocycles. The average molecular weight is 202 g/mol. The van der Waals surface area contributed by atoms with E-state index in [-0.39, 0.29) is 23.6 Å². The first-order chi connectivity index (χ1) is 5.96. The van der Waals surface area contributed by atoms with Crippen molar-refractivity contribution in [2.75, 3.05) is 18.6 Å². The highest BCUT2D eigenvalue weighted by molar-refractivity contribution is 7.91. The van der Waals surface area contributed by atoms with E-state index in [0.717, 1.165) is 0 Å². The molecule has 2 atom stereocenters. The van der Waals surface area contributed by atoms with Crippen LogP contribution in [0, 0.1) is 11.3 Å². The van der Waals surface area contributed by atoms with E-state index < -0.39 is 9.84 Å². The van der Waals surface area contributed by atoms with Gasteiger partial charge < -0.3 is 0 Å². The Bertz CT molecular complexity index is 318.